The molecule has 0 bridgehead atoms. The van der Waals surface area contributed by atoms with Gasteiger partial charge in [-0.3, -0.25) is 9.78 Å². The fourth-order valence-corrected chi connectivity index (χ4v) is 6.02. The number of rotatable bonds is 11. The van der Waals surface area contributed by atoms with Gasteiger partial charge in [0.05, 0.1) is 18.2 Å². The number of hydrogen-bond donors (Lipinski definition) is 3. The number of halogens is 1. The molecule has 2 unspecified atom stereocenters. The van der Waals surface area contributed by atoms with E-state index in [-0.39, 0.29) is 11.8 Å². The van der Waals surface area contributed by atoms with Crippen LogP contribution in [0.5, 0.6) is 0 Å². The van der Waals surface area contributed by atoms with Crippen LogP contribution in [0.25, 0.3) is 22.0 Å². The van der Waals surface area contributed by atoms with Crippen molar-refractivity contribution in [1.82, 2.24) is 20.5 Å². The van der Waals surface area contributed by atoms with Crippen LogP contribution in [-0.2, 0) is 15.1 Å². The van der Waals surface area contributed by atoms with Crippen molar-refractivity contribution in [3.05, 3.63) is 65.3 Å². The van der Waals surface area contributed by atoms with Gasteiger partial charge in [-0.05, 0) is 69.5 Å². The van der Waals surface area contributed by atoms with Crippen LogP contribution in [0.3, 0.4) is 0 Å². The number of nitrogens with zero attached hydrogens (tertiary/aromatic N) is 2. The molecule has 3 N–H and O–H groups in total. The van der Waals surface area contributed by atoms with Gasteiger partial charge in [-0.15, -0.1) is 0 Å². The molecular formula is C31H39ClN4O4. The number of nitrogens with one attached hydrogen (secondary N) is 2. The molecule has 4 rings (SSSR count). The number of aromatic nitrogens is 1. The molecule has 3 aromatic rings. The van der Waals surface area contributed by atoms with E-state index in [0.717, 1.165) is 47.8 Å². The van der Waals surface area contributed by atoms with Crippen molar-refractivity contribution < 1.29 is 19.4 Å². The number of hydrogen-bond acceptors (Lipinski definition) is 6. The minimum atomic E-state index is -1.30. The third kappa shape index (κ3) is 6.92. The van der Waals surface area contributed by atoms with Gasteiger partial charge in [-0.25, -0.2) is 4.79 Å². The monoisotopic (exact) mass is 566 g/mol. The number of piperidine rings is 1. The van der Waals surface area contributed by atoms with Gasteiger partial charge in [-0.2, -0.15) is 0 Å². The highest BCUT2D eigenvalue weighted by Gasteiger charge is 2.42. The second-order valence-corrected chi connectivity index (χ2v) is 10.8. The Kier molecular flexibility index (Phi) is 10.4. The lowest BCUT2D eigenvalue weighted by molar-refractivity contribution is -0.136. The number of para-hydroxylation sites is 1. The average molecular weight is 567 g/mol. The number of ether oxygens (including phenoxy) is 1. The fraction of sp³-hybridized carbons (Fsp3) is 0.452. The number of methoxy groups -OCH3 is 1. The first-order valence-electron chi connectivity index (χ1n) is 14.0. The van der Waals surface area contributed by atoms with Crippen LogP contribution in [0, 0.1) is 5.92 Å². The maximum absolute atomic E-state index is 13.0. The first-order valence-corrected chi connectivity index (χ1v) is 14.4. The molecule has 1 saturated heterocycles. The van der Waals surface area contributed by atoms with Gasteiger partial charge < -0.3 is 25.4 Å². The SMILES string of the molecule is CNCCCC(=O)N1CCCC(C(O)(CCCNC(=O)OC)c2cccc(Cl)c2-c2cnc3ccccc3c2)C1. The molecule has 1 aliphatic rings. The van der Waals surface area contributed by atoms with E-state index in [1.165, 1.54) is 7.11 Å². The van der Waals surface area contributed by atoms with Gasteiger partial charge in [0.25, 0.3) is 0 Å². The molecule has 0 saturated carbocycles. The van der Waals surface area contributed by atoms with Gasteiger partial charge in [0.2, 0.25) is 5.91 Å². The van der Waals surface area contributed by atoms with Crippen molar-refractivity contribution in [2.75, 3.05) is 40.3 Å². The van der Waals surface area contributed by atoms with E-state index in [0.29, 0.717) is 49.5 Å². The van der Waals surface area contributed by atoms with Gasteiger partial charge in [0.1, 0.15) is 0 Å². The van der Waals surface area contributed by atoms with E-state index in [2.05, 4.69) is 15.6 Å². The molecular weight excluding hydrogens is 528 g/mol. The van der Waals surface area contributed by atoms with E-state index < -0.39 is 11.7 Å². The zero-order valence-corrected chi connectivity index (χ0v) is 24.0. The van der Waals surface area contributed by atoms with E-state index in [9.17, 15) is 14.7 Å². The molecule has 2 atom stereocenters. The minimum absolute atomic E-state index is 0.111. The lowest BCUT2D eigenvalue weighted by atomic mass is 9.72. The van der Waals surface area contributed by atoms with Gasteiger partial charge >= 0.3 is 6.09 Å². The summed E-state index contributed by atoms with van der Waals surface area (Å²) < 4.78 is 4.71. The van der Waals surface area contributed by atoms with Crippen LogP contribution >= 0.6 is 11.6 Å². The highest BCUT2D eigenvalue weighted by molar-refractivity contribution is 6.33. The molecule has 0 radical (unpaired) electrons. The van der Waals surface area contributed by atoms with Crippen LogP contribution in [-0.4, -0.2) is 67.3 Å². The number of alkyl carbamates (subject to hydrolysis) is 1. The van der Waals surface area contributed by atoms with E-state index in [4.69, 9.17) is 16.3 Å². The molecule has 2 amide bonds. The average Bonchev–Trinajstić information content (AvgIpc) is 2.98. The maximum Gasteiger partial charge on any atom is 0.406 e. The van der Waals surface area contributed by atoms with Crippen LogP contribution in [0.4, 0.5) is 4.79 Å². The molecule has 40 heavy (non-hydrogen) atoms. The van der Waals surface area contributed by atoms with Crippen molar-refractivity contribution in [2.24, 2.45) is 5.92 Å². The number of fused-ring (bicyclic) bond motifs is 1. The van der Waals surface area contributed by atoms with Crippen molar-refractivity contribution in [3.63, 3.8) is 0 Å². The summed E-state index contributed by atoms with van der Waals surface area (Å²) in [4.78, 5) is 31.2. The molecule has 9 heteroatoms. The third-order valence-corrected chi connectivity index (χ3v) is 8.13. The zero-order chi connectivity index (χ0) is 28.5. The number of likely N-dealkylation sites (tertiary alicyclic amines) is 1. The highest BCUT2D eigenvalue weighted by Crippen LogP contribution is 2.45. The largest absolute Gasteiger partial charge is 0.453 e. The van der Waals surface area contributed by atoms with E-state index in [1.54, 1.807) is 6.20 Å². The summed E-state index contributed by atoms with van der Waals surface area (Å²) in [6, 6.07) is 15.5. The van der Waals surface area contributed by atoms with Gasteiger partial charge in [-0.1, -0.05) is 41.9 Å². The Bertz CT molecular complexity index is 1320. The first kappa shape index (κ1) is 29.8. The van der Waals surface area contributed by atoms with Gasteiger partial charge in [0.15, 0.2) is 0 Å². The topological polar surface area (TPSA) is 104 Å². The van der Waals surface area contributed by atoms with Gasteiger partial charge in [0, 0.05) is 59.7 Å². The third-order valence-electron chi connectivity index (χ3n) is 7.82. The summed E-state index contributed by atoms with van der Waals surface area (Å²) in [5.74, 6) is -0.0991. The lowest BCUT2D eigenvalue weighted by Crippen LogP contribution is -2.48. The lowest BCUT2D eigenvalue weighted by Gasteiger charge is -2.44. The van der Waals surface area contributed by atoms with Crippen LogP contribution < -0.4 is 10.6 Å². The normalized spacial score (nSPS) is 16.9. The number of benzene rings is 2. The predicted octanol–water partition coefficient (Wildman–Crippen LogP) is 5.12. The van der Waals surface area contributed by atoms with Crippen LogP contribution in [0.2, 0.25) is 5.02 Å². The molecule has 2 aromatic carbocycles. The summed E-state index contributed by atoms with van der Waals surface area (Å²) in [5, 5.41) is 20.0. The smallest absolute Gasteiger partial charge is 0.406 e. The Morgan fingerprint density at radius 2 is 2.00 bits per heavy atom. The van der Waals surface area contributed by atoms with Crippen LogP contribution in [0.15, 0.2) is 54.7 Å². The minimum Gasteiger partial charge on any atom is -0.453 e. The Hall–Kier alpha value is -3.20. The second kappa shape index (κ2) is 13.9. The Balaban J connectivity index is 1.71. The maximum atomic E-state index is 13.0. The first-order chi connectivity index (χ1) is 19.4. The summed E-state index contributed by atoms with van der Waals surface area (Å²) in [6.45, 7) is 2.28. The molecule has 1 aromatic heterocycles. The van der Waals surface area contributed by atoms with Crippen molar-refractivity contribution in [1.29, 1.82) is 0 Å². The molecule has 8 nitrogen and oxygen atoms in total. The van der Waals surface area contributed by atoms with E-state index in [1.807, 2.05) is 60.5 Å². The second-order valence-electron chi connectivity index (χ2n) is 10.4. The summed E-state index contributed by atoms with van der Waals surface area (Å²) >= 11 is 6.85. The number of pyridine rings is 1. The number of aliphatic hydroxyl groups is 1. The van der Waals surface area contributed by atoms with E-state index >= 15 is 0 Å². The molecule has 0 aliphatic carbocycles. The number of carbonyl (C=O) groups is 2. The Morgan fingerprint density at radius 3 is 2.80 bits per heavy atom. The number of carbonyl (C=O) groups excluding carboxylic acids is 2. The highest BCUT2D eigenvalue weighted by atomic mass is 35.5. The number of amides is 2. The summed E-state index contributed by atoms with van der Waals surface area (Å²) in [6.07, 6.45) is 4.99. The van der Waals surface area contributed by atoms with Crippen molar-refractivity contribution in [3.8, 4) is 11.1 Å². The molecule has 1 aliphatic heterocycles. The molecule has 2 heterocycles. The molecule has 0 spiro atoms. The van der Waals surface area contributed by atoms with Crippen molar-refractivity contribution in [2.45, 2.75) is 44.1 Å². The Morgan fingerprint density at radius 1 is 1.18 bits per heavy atom. The summed E-state index contributed by atoms with van der Waals surface area (Å²) in [7, 11) is 3.20. The standard InChI is InChI=1S/C31H39ClN4O4/c1-33-16-6-14-28(37)36-18-7-10-24(21-36)31(39,15-8-17-34-30(38)40-2)25-11-5-12-26(32)29(25)23-19-22-9-3-4-13-27(22)35-20-23/h3-5,9,11-13,19-20,24,33,39H,6-8,10,14-18,21H2,1-2H3,(H,34,38). The zero-order valence-electron chi connectivity index (χ0n) is 23.3. The summed E-state index contributed by atoms with van der Waals surface area (Å²) in [5.41, 5.74) is 1.85. The fourth-order valence-electron chi connectivity index (χ4n) is 5.73. The molecule has 214 valence electrons. The predicted molar refractivity (Wildman–Crippen MR) is 158 cm³/mol. The van der Waals surface area contributed by atoms with Crippen LogP contribution in [0.1, 0.15) is 44.1 Å². The van der Waals surface area contributed by atoms with Crippen molar-refractivity contribution >= 4 is 34.5 Å². The quantitative estimate of drug-likeness (QED) is 0.278. The molecule has 1 fully saturated rings. The Labute approximate surface area is 241 Å².